The highest BCUT2D eigenvalue weighted by Crippen LogP contribution is 2.31. The Morgan fingerprint density at radius 3 is 2.55 bits per heavy atom. The molecule has 29 heavy (non-hydrogen) atoms. The molecule has 0 unspecified atom stereocenters. The molecule has 1 aromatic carbocycles. The number of amides is 2. The van der Waals surface area contributed by atoms with Crippen molar-refractivity contribution >= 4 is 23.6 Å². The largest absolute Gasteiger partial charge is 0.457 e. The molecule has 1 aliphatic rings. The van der Waals surface area contributed by atoms with Crippen LogP contribution in [0.4, 0.5) is 5.69 Å². The molecule has 0 saturated heterocycles. The van der Waals surface area contributed by atoms with Crippen LogP contribution >= 0.6 is 0 Å². The van der Waals surface area contributed by atoms with Crippen molar-refractivity contribution in [3.63, 3.8) is 0 Å². The molecule has 0 bridgehead atoms. The molecule has 0 radical (unpaired) electrons. The quantitative estimate of drug-likeness (QED) is 0.339. The first-order valence-electron chi connectivity index (χ1n) is 8.83. The molecule has 2 amide bonds. The van der Waals surface area contributed by atoms with Crippen LogP contribution in [0.3, 0.4) is 0 Å². The summed E-state index contributed by atoms with van der Waals surface area (Å²) in [5.41, 5.74) is 1.70. The standard InChI is InChI=1S/C21H17N3O5/c1-4-23-20(25)17(13(3)18(11-22)21(23)26)10-15-7-8-19(29-15)16-9-14(24(27)28)6-5-12(16)2/h5-10H,4H2,1-3H3/b17-10-. The first kappa shape index (κ1) is 19.8. The van der Waals surface area contributed by atoms with E-state index in [-0.39, 0.29) is 29.0 Å². The van der Waals surface area contributed by atoms with E-state index in [0.717, 1.165) is 10.5 Å². The van der Waals surface area contributed by atoms with Crippen LogP contribution < -0.4 is 0 Å². The number of furan rings is 1. The van der Waals surface area contributed by atoms with Crippen molar-refractivity contribution in [1.82, 2.24) is 4.90 Å². The number of rotatable bonds is 4. The van der Waals surface area contributed by atoms with Crippen LogP contribution in [0.2, 0.25) is 0 Å². The van der Waals surface area contributed by atoms with Crippen molar-refractivity contribution in [1.29, 1.82) is 5.26 Å². The molecule has 2 aromatic rings. The summed E-state index contributed by atoms with van der Waals surface area (Å²) in [5.74, 6) is -0.372. The third-order valence-electron chi connectivity index (χ3n) is 4.75. The van der Waals surface area contributed by atoms with Crippen LogP contribution in [0.25, 0.3) is 17.4 Å². The molecule has 0 spiro atoms. The number of nitriles is 1. The predicted octanol–water partition coefficient (Wildman–Crippen LogP) is 3.78. The first-order chi connectivity index (χ1) is 13.8. The number of non-ortho nitro benzene ring substituents is 1. The van der Waals surface area contributed by atoms with E-state index in [4.69, 9.17) is 4.42 Å². The summed E-state index contributed by atoms with van der Waals surface area (Å²) in [6.45, 7) is 5.14. The van der Waals surface area contributed by atoms with Crippen LogP contribution in [0, 0.1) is 28.4 Å². The number of benzene rings is 1. The highest BCUT2D eigenvalue weighted by molar-refractivity contribution is 6.19. The fourth-order valence-electron chi connectivity index (χ4n) is 3.12. The lowest BCUT2D eigenvalue weighted by Gasteiger charge is -2.25. The Morgan fingerprint density at radius 2 is 1.93 bits per heavy atom. The second-order valence-electron chi connectivity index (χ2n) is 6.48. The summed E-state index contributed by atoms with van der Waals surface area (Å²) in [6.07, 6.45) is 1.47. The molecule has 3 rings (SSSR count). The van der Waals surface area contributed by atoms with Crippen molar-refractivity contribution in [2.24, 2.45) is 0 Å². The van der Waals surface area contributed by atoms with Gasteiger partial charge in [-0.1, -0.05) is 6.07 Å². The molecular formula is C21H17N3O5. The number of hydrogen-bond acceptors (Lipinski definition) is 6. The molecule has 1 aliphatic heterocycles. The Balaban J connectivity index is 2.07. The number of nitro benzene ring substituents is 1. The van der Waals surface area contributed by atoms with E-state index in [1.165, 1.54) is 18.2 Å². The van der Waals surface area contributed by atoms with Gasteiger partial charge >= 0.3 is 0 Å². The maximum atomic E-state index is 12.7. The van der Waals surface area contributed by atoms with Crippen molar-refractivity contribution in [3.05, 3.63) is 68.5 Å². The molecular weight excluding hydrogens is 374 g/mol. The SMILES string of the molecule is CCN1C(=O)C(C#N)=C(C)/C(=C/c2ccc(-c3cc([N+](=O)[O-])ccc3C)o2)C1=O. The third kappa shape index (κ3) is 3.46. The molecule has 8 heteroatoms. The number of likely N-dealkylation sites (N-methyl/N-ethyl adjacent to an activating group) is 1. The van der Waals surface area contributed by atoms with Gasteiger partial charge in [-0.3, -0.25) is 24.6 Å². The van der Waals surface area contributed by atoms with Crippen molar-refractivity contribution in [2.75, 3.05) is 6.54 Å². The zero-order valence-corrected chi connectivity index (χ0v) is 16.1. The minimum Gasteiger partial charge on any atom is -0.457 e. The molecule has 0 atom stereocenters. The van der Waals surface area contributed by atoms with Crippen molar-refractivity contribution in [3.8, 4) is 17.4 Å². The summed E-state index contributed by atoms with van der Waals surface area (Å²) < 4.78 is 5.79. The fraction of sp³-hybridized carbons (Fsp3) is 0.190. The van der Waals surface area contributed by atoms with Crippen LogP contribution in [-0.2, 0) is 9.59 Å². The summed E-state index contributed by atoms with van der Waals surface area (Å²) in [4.78, 5) is 36.5. The zero-order valence-electron chi connectivity index (χ0n) is 16.1. The maximum absolute atomic E-state index is 12.7. The van der Waals surface area contributed by atoms with E-state index in [2.05, 4.69) is 0 Å². The number of aryl methyl sites for hydroxylation is 1. The molecule has 0 fully saturated rings. The van der Waals surface area contributed by atoms with Gasteiger partial charge < -0.3 is 4.42 Å². The van der Waals surface area contributed by atoms with Crippen LogP contribution in [0.1, 0.15) is 25.2 Å². The maximum Gasteiger partial charge on any atom is 0.271 e. The average Bonchev–Trinajstić information content (AvgIpc) is 3.14. The molecule has 0 saturated carbocycles. The van der Waals surface area contributed by atoms with Gasteiger partial charge in [0.25, 0.3) is 17.5 Å². The van der Waals surface area contributed by atoms with E-state index in [0.29, 0.717) is 17.1 Å². The highest BCUT2D eigenvalue weighted by Gasteiger charge is 2.34. The monoisotopic (exact) mass is 391 g/mol. The summed E-state index contributed by atoms with van der Waals surface area (Å²) in [5, 5.41) is 20.3. The van der Waals surface area contributed by atoms with E-state index in [9.17, 15) is 25.0 Å². The topological polar surface area (TPSA) is 117 Å². The first-order valence-corrected chi connectivity index (χ1v) is 8.83. The molecule has 146 valence electrons. The van der Waals surface area contributed by atoms with Gasteiger partial charge in [0, 0.05) is 29.8 Å². The lowest BCUT2D eigenvalue weighted by Crippen LogP contribution is -2.42. The Kier molecular flexibility index (Phi) is 5.15. The van der Waals surface area contributed by atoms with Crippen LogP contribution in [0.5, 0.6) is 0 Å². The normalized spacial score (nSPS) is 15.8. The molecule has 8 nitrogen and oxygen atoms in total. The van der Waals surface area contributed by atoms with Gasteiger partial charge in [-0.25, -0.2) is 0 Å². The highest BCUT2D eigenvalue weighted by atomic mass is 16.6. The molecule has 0 N–H and O–H groups in total. The molecule has 0 aliphatic carbocycles. The van der Waals surface area contributed by atoms with E-state index in [1.54, 1.807) is 39.0 Å². The van der Waals surface area contributed by atoms with Crippen molar-refractivity contribution < 1.29 is 18.9 Å². The summed E-state index contributed by atoms with van der Waals surface area (Å²) in [7, 11) is 0. The third-order valence-corrected chi connectivity index (χ3v) is 4.75. The van der Waals surface area contributed by atoms with Crippen molar-refractivity contribution in [2.45, 2.75) is 20.8 Å². The minimum atomic E-state index is -0.609. The number of nitro groups is 1. The van der Waals surface area contributed by atoms with Gasteiger partial charge in [0.2, 0.25) is 0 Å². The van der Waals surface area contributed by atoms with E-state index in [1.807, 2.05) is 6.07 Å². The predicted molar refractivity (Wildman–Crippen MR) is 104 cm³/mol. The second kappa shape index (κ2) is 7.56. The molecule has 2 heterocycles. The average molecular weight is 391 g/mol. The van der Waals surface area contributed by atoms with Gasteiger partial charge in [-0.2, -0.15) is 5.26 Å². The van der Waals surface area contributed by atoms with Gasteiger partial charge in [0.15, 0.2) is 0 Å². The Hall–Kier alpha value is -3.99. The van der Waals surface area contributed by atoms with Gasteiger partial charge in [0.1, 0.15) is 23.2 Å². The number of imide groups is 1. The number of carbonyl (C=O) groups excluding carboxylic acids is 2. The van der Waals surface area contributed by atoms with Crippen LogP contribution in [0.15, 0.2) is 51.5 Å². The Bertz CT molecular complexity index is 1150. The van der Waals surface area contributed by atoms with E-state index < -0.39 is 16.7 Å². The van der Waals surface area contributed by atoms with Crippen LogP contribution in [-0.4, -0.2) is 28.2 Å². The van der Waals surface area contributed by atoms with E-state index >= 15 is 0 Å². The fourth-order valence-corrected chi connectivity index (χ4v) is 3.12. The number of nitrogens with zero attached hydrogens (tertiary/aromatic N) is 3. The lowest BCUT2D eigenvalue weighted by atomic mass is 9.95. The van der Waals surface area contributed by atoms with Gasteiger partial charge in [-0.15, -0.1) is 0 Å². The summed E-state index contributed by atoms with van der Waals surface area (Å²) >= 11 is 0. The van der Waals surface area contributed by atoms with Gasteiger partial charge in [0.05, 0.1) is 4.92 Å². The number of hydrogen-bond donors (Lipinski definition) is 0. The summed E-state index contributed by atoms with van der Waals surface area (Å²) in [6, 6.07) is 9.61. The molecule has 1 aromatic heterocycles. The Labute approximate surface area is 166 Å². The smallest absolute Gasteiger partial charge is 0.271 e. The zero-order chi connectivity index (χ0) is 21.3. The van der Waals surface area contributed by atoms with Gasteiger partial charge in [-0.05, 0) is 50.1 Å². The Morgan fingerprint density at radius 1 is 1.21 bits per heavy atom. The lowest BCUT2D eigenvalue weighted by molar-refractivity contribution is -0.384. The minimum absolute atomic E-state index is 0.0566. The number of carbonyl (C=O) groups is 2. The second-order valence-corrected chi connectivity index (χ2v) is 6.48.